The fourth-order valence-corrected chi connectivity index (χ4v) is 4.35. The summed E-state index contributed by atoms with van der Waals surface area (Å²) in [4.78, 5) is 31.8. The van der Waals surface area contributed by atoms with Crippen LogP contribution in [-0.2, 0) is 6.61 Å². The van der Waals surface area contributed by atoms with E-state index >= 15 is 0 Å². The molecule has 0 atom stereocenters. The lowest BCUT2D eigenvalue weighted by Gasteiger charge is -2.35. The van der Waals surface area contributed by atoms with Gasteiger partial charge in [0.1, 0.15) is 28.7 Å². The highest BCUT2D eigenvalue weighted by Gasteiger charge is 2.27. The van der Waals surface area contributed by atoms with Crippen molar-refractivity contribution in [2.24, 2.45) is 0 Å². The predicted molar refractivity (Wildman–Crippen MR) is 124 cm³/mol. The second kappa shape index (κ2) is 9.72. The number of ether oxygens (including phenoxy) is 1. The Labute approximate surface area is 198 Å². The lowest BCUT2D eigenvalue weighted by molar-refractivity contribution is -0.384. The molecule has 1 aromatic heterocycles. The van der Waals surface area contributed by atoms with Crippen LogP contribution in [0.1, 0.15) is 15.5 Å². The molecule has 0 radical (unpaired) electrons. The summed E-state index contributed by atoms with van der Waals surface area (Å²) >= 11 is 13.1. The Balaban J connectivity index is 1.35. The van der Waals surface area contributed by atoms with Crippen molar-refractivity contribution in [3.8, 4) is 5.75 Å². The van der Waals surface area contributed by atoms with Gasteiger partial charge in [-0.25, -0.2) is 4.98 Å². The third kappa shape index (κ3) is 5.12. The highest BCUT2D eigenvalue weighted by molar-refractivity contribution is 7.09. The van der Waals surface area contributed by atoms with Crippen LogP contribution in [0.2, 0.25) is 10.0 Å². The third-order valence-electron chi connectivity index (χ3n) is 4.99. The van der Waals surface area contributed by atoms with Crippen LogP contribution >= 0.6 is 34.5 Å². The van der Waals surface area contributed by atoms with E-state index in [1.807, 2.05) is 4.90 Å². The van der Waals surface area contributed by atoms with Crippen LogP contribution in [0.3, 0.4) is 0 Å². The lowest BCUT2D eigenvalue weighted by atomic mass is 10.2. The van der Waals surface area contributed by atoms with E-state index in [4.69, 9.17) is 27.9 Å². The third-order valence-corrected chi connectivity index (χ3v) is 6.30. The molecule has 8 nitrogen and oxygen atoms in total. The topological polar surface area (TPSA) is 88.8 Å². The van der Waals surface area contributed by atoms with Gasteiger partial charge in [-0.2, -0.15) is 0 Å². The van der Waals surface area contributed by atoms with Crippen molar-refractivity contribution in [1.82, 2.24) is 9.88 Å². The van der Waals surface area contributed by atoms with Crippen LogP contribution in [0.4, 0.5) is 11.4 Å². The molecule has 0 saturated carbocycles. The Hall–Kier alpha value is -2.88. The maximum atomic E-state index is 12.9. The van der Waals surface area contributed by atoms with Gasteiger partial charge in [0.25, 0.3) is 11.6 Å². The molecule has 1 fully saturated rings. The molecule has 0 aliphatic carbocycles. The summed E-state index contributed by atoms with van der Waals surface area (Å²) in [6, 6.07) is 11.6. The molecule has 2 aromatic carbocycles. The minimum Gasteiger partial charge on any atom is -0.486 e. The molecule has 1 aliphatic rings. The molecule has 0 N–H and O–H groups in total. The molecular formula is C21H18Cl2N4O4S. The van der Waals surface area contributed by atoms with E-state index in [1.165, 1.54) is 17.4 Å². The summed E-state index contributed by atoms with van der Waals surface area (Å²) < 4.78 is 5.68. The Morgan fingerprint density at radius 1 is 1.09 bits per heavy atom. The SMILES string of the molecule is O=C(c1csc(COc2ccc(Cl)cc2)n1)N1CCN(c2ccc(Cl)cc2[N+](=O)[O-])CC1. The normalized spacial score (nSPS) is 13.8. The first kappa shape index (κ1) is 22.3. The van der Waals surface area contributed by atoms with Crippen LogP contribution in [0.25, 0.3) is 0 Å². The first-order valence-corrected chi connectivity index (χ1v) is 11.4. The number of carbonyl (C=O) groups excluding carboxylic acids is 1. The maximum Gasteiger partial charge on any atom is 0.294 e. The quantitative estimate of drug-likeness (QED) is 0.359. The Bertz CT molecular complexity index is 1130. The van der Waals surface area contributed by atoms with E-state index in [0.29, 0.717) is 58.4 Å². The van der Waals surface area contributed by atoms with E-state index in [9.17, 15) is 14.9 Å². The lowest BCUT2D eigenvalue weighted by Crippen LogP contribution is -2.49. The van der Waals surface area contributed by atoms with Crippen LogP contribution in [-0.4, -0.2) is 46.9 Å². The van der Waals surface area contributed by atoms with Crippen LogP contribution in [0.5, 0.6) is 5.75 Å². The number of hydrogen-bond acceptors (Lipinski definition) is 7. The van der Waals surface area contributed by atoms with Gasteiger partial charge in [0.2, 0.25) is 0 Å². The number of benzene rings is 2. The van der Waals surface area contributed by atoms with Crippen LogP contribution in [0.15, 0.2) is 47.8 Å². The average molecular weight is 493 g/mol. The second-order valence-corrected chi connectivity index (χ2v) is 8.85. The van der Waals surface area contributed by atoms with E-state index in [1.54, 1.807) is 46.7 Å². The number of nitro benzene ring substituents is 1. The van der Waals surface area contributed by atoms with Crippen molar-refractivity contribution in [3.05, 3.63) is 78.7 Å². The molecule has 0 bridgehead atoms. The van der Waals surface area contributed by atoms with Gasteiger partial charge in [-0.05, 0) is 36.4 Å². The number of piperazine rings is 1. The van der Waals surface area contributed by atoms with Crippen molar-refractivity contribution in [2.45, 2.75) is 6.61 Å². The number of hydrogen-bond donors (Lipinski definition) is 0. The van der Waals surface area contributed by atoms with Gasteiger partial charge in [0, 0.05) is 47.7 Å². The van der Waals surface area contributed by atoms with Crippen molar-refractivity contribution in [3.63, 3.8) is 0 Å². The predicted octanol–water partition coefficient (Wildman–Crippen LogP) is 4.90. The van der Waals surface area contributed by atoms with Crippen molar-refractivity contribution in [2.75, 3.05) is 31.1 Å². The minimum atomic E-state index is -0.443. The molecule has 1 saturated heterocycles. The van der Waals surface area contributed by atoms with Gasteiger partial charge in [-0.1, -0.05) is 23.2 Å². The molecule has 11 heteroatoms. The van der Waals surface area contributed by atoms with Gasteiger partial charge >= 0.3 is 0 Å². The summed E-state index contributed by atoms with van der Waals surface area (Å²) in [5, 5.41) is 14.7. The second-order valence-electron chi connectivity index (χ2n) is 7.04. The van der Waals surface area contributed by atoms with Crippen molar-refractivity contribution < 1.29 is 14.5 Å². The monoisotopic (exact) mass is 492 g/mol. The highest BCUT2D eigenvalue weighted by atomic mass is 35.5. The minimum absolute atomic E-state index is 0.0397. The van der Waals surface area contributed by atoms with Crippen LogP contribution < -0.4 is 9.64 Å². The zero-order chi connectivity index (χ0) is 22.7. The molecule has 166 valence electrons. The molecule has 1 amide bonds. The number of carbonyl (C=O) groups is 1. The standard InChI is InChI=1S/C21H18Cl2N4O4S/c22-14-1-4-16(5-2-14)31-12-20-24-17(13-32-20)21(28)26-9-7-25(8-10-26)18-6-3-15(23)11-19(18)27(29)30/h1-6,11,13H,7-10,12H2. The highest BCUT2D eigenvalue weighted by Crippen LogP contribution is 2.31. The average Bonchev–Trinajstić information content (AvgIpc) is 3.27. The number of anilines is 1. The van der Waals surface area contributed by atoms with Crippen LogP contribution in [0, 0.1) is 10.1 Å². The van der Waals surface area contributed by atoms with E-state index in [-0.39, 0.29) is 18.2 Å². The molecule has 3 aromatic rings. The first-order chi connectivity index (χ1) is 15.4. The Morgan fingerprint density at radius 2 is 1.78 bits per heavy atom. The molecule has 1 aliphatic heterocycles. The fourth-order valence-electron chi connectivity index (χ4n) is 3.37. The summed E-state index contributed by atoms with van der Waals surface area (Å²) in [6.07, 6.45) is 0. The van der Waals surface area contributed by atoms with Gasteiger partial charge in [0.15, 0.2) is 0 Å². The Kier molecular flexibility index (Phi) is 6.78. The number of halogens is 2. The molecule has 4 rings (SSSR count). The molecule has 32 heavy (non-hydrogen) atoms. The zero-order valence-corrected chi connectivity index (χ0v) is 19.1. The zero-order valence-electron chi connectivity index (χ0n) is 16.7. The summed E-state index contributed by atoms with van der Waals surface area (Å²) in [5.41, 5.74) is 0.833. The van der Waals surface area contributed by atoms with E-state index in [0.717, 1.165) is 0 Å². The van der Waals surface area contributed by atoms with Crippen molar-refractivity contribution >= 4 is 51.8 Å². The summed E-state index contributed by atoms with van der Waals surface area (Å²) in [7, 11) is 0. The molecule has 0 spiro atoms. The number of nitro groups is 1. The smallest absolute Gasteiger partial charge is 0.294 e. The maximum absolute atomic E-state index is 12.9. The number of rotatable bonds is 6. The van der Waals surface area contributed by atoms with Gasteiger partial charge in [-0.15, -0.1) is 11.3 Å². The number of thiazole rings is 1. The van der Waals surface area contributed by atoms with Gasteiger partial charge < -0.3 is 14.5 Å². The largest absolute Gasteiger partial charge is 0.486 e. The van der Waals surface area contributed by atoms with E-state index in [2.05, 4.69) is 4.98 Å². The van der Waals surface area contributed by atoms with Gasteiger partial charge in [0.05, 0.1) is 4.92 Å². The fraction of sp³-hybridized carbons (Fsp3) is 0.238. The molecule has 0 unspecified atom stereocenters. The summed E-state index contributed by atoms with van der Waals surface area (Å²) in [5.74, 6) is 0.508. The summed E-state index contributed by atoms with van der Waals surface area (Å²) in [6.45, 7) is 2.09. The number of aromatic nitrogens is 1. The van der Waals surface area contributed by atoms with Crippen molar-refractivity contribution in [1.29, 1.82) is 0 Å². The van der Waals surface area contributed by atoms with Gasteiger partial charge in [-0.3, -0.25) is 14.9 Å². The van der Waals surface area contributed by atoms with E-state index < -0.39 is 4.92 Å². The Morgan fingerprint density at radius 3 is 2.47 bits per heavy atom. The molecule has 2 heterocycles. The number of nitrogens with zero attached hydrogens (tertiary/aromatic N) is 4. The molecular weight excluding hydrogens is 475 g/mol. The first-order valence-electron chi connectivity index (χ1n) is 9.71. The number of amides is 1.